The summed E-state index contributed by atoms with van der Waals surface area (Å²) in [6.45, 7) is 5.52. The number of benzene rings is 2. The van der Waals surface area contributed by atoms with Crippen molar-refractivity contribution in [1.82, 2.24) is 20.1 Å². The van der Waals surface area contributed by atoms with E-state index >= 15 is 0 Å². The Bertz CT molecular complexity index is 1210. The minimum Gasteiger partial charge on any atom is -0.456 e. The molecule has 0 spiro atoms. The quantitative estimate of drug-likeness (QED) is 0.437. The summed E-state index contributed by atoms with van der Waals surface area (Å²) >= 11 is 0. The molecule has 0 aliphatic carbocycles. The van der Waals surface area contributed by atoms with Crippen LogP contribution in [-0.4, -0.2) is 77.4 Å². The van der Waals surface area contributed by atoms with Crippen LogP contribution in [-0.2, 0) is 0 Å². The molecule has 37 heavy (non-hydrogen) atoms. The predicted octanol–water partition coefficient (Wildman–Crippen LogP) is 4.25. The van der Waals surface area contributed by atoms with E-state index in [1.807, 2.05) is 0 Å². The predicted molar refractivity (Wildman–Crippen MR) is 135 cm³/mol. The Hall–Kier alpha value is -3.21. The summed E-state index contributed by atoms with van der Waals surface area (Å²) in [7, 11) is 0. The van der Waals surface area contributed by atoms with Crippen LogP contribution in [0, 0.1) is 11.6 Å². The summed E-state index contributed by atoms with van der Waals surface area (Å²) in [5.41, 5.74) is 0.659. The lowest BCUT2D eigenvalue weighted by Crippen LogP contribution is -2.48. The molecule has 3 aromatic rings. The van der Waals surface area contributed by atoms with Crippen LogP contribution >= 0.6 is 0 Å². The Kier molecular flexibility index (Phi) is 7.87. The zero-order valence-electron chi connectivity index (χ0n) is 20.6. The van der Waals surface area contributed by atoms with Crippen molar-refractivity contribution in [2.24, 2.45) is 0 Å². The molecule has 0 bridgehead atoms. The van der Waals surface area contributed by atoms with Crippen LogP contribution in [0.1, 0.15) is 25.7 Å². The molecule has 1 atom stereocenters. The molecular formula is C27H32F2N4O4. The number of β-amino-alcohol motifs (C(OH)–C–C–N with tert-alkyl or cyclic N) is 1. The fourth-order valence-corrected chi connectivity index (χ4v) is 5.07. The van der Waals surface area contributed by atoms with Crippen molar-refractivity contribution in [2.75, 3.05) is 39.3 Å². The minimum absolute atomic E-state index is 0.0336. The van der Waals surface area contributed by atoms with Gasteiger partial charge < -0.3 is 29.8 Å². The van der Waals surface area contributed by atoms with Gasteiger partial charge in [-0.25, -0.2) is 13.6 Å². The first-order valence-electron chi connectivity index (χ1n) is 12.8. The molecule has 2 aliphatic rings. The van der Waals surface area contributed by atoms with E-state index in [1.165, 1.54) is 0 Å². The molecule has 1 unspecified atom stereocenters. The third-order valence-corrected chi connectivity index (χ3v) is 6.99. The first kappa shape index (κ1) is 25.4. The van der Waals surface area contributed by atoms with Crippen molar-refractivity contribution in [3.63, 3.8) is 0 Å². The Balaban J connectivity index is 1.11. The van der Waals surface area contributed by atoms with Crippen molar-refractivity contribution in [3.8, 4) is 17.4 Å². The summed E-state index contributed by atoms with van der Waals surface area (Å²) in [5.74, 6) is -0.809. The molecule has 0 radical (unpaired) electrons. The SMILES string of the molecule is O=C(NC1CCN(CCN2CCCC(O)C2)CC1)Oc1cc2c(Oc3cc(F)cc(F)c3)cccc2[nH]1. The Morgan fingerprint density at radius 3 is 2.54 bits per heavy atom. The molecule has 198 valence electrons. The summed E-state index contributed by atoms with van der Waals surface area (Å²) < 4.78 is 38.2. The van der Waals surface area contributed by atoms with Gasteiger partial charge in [-0.3, -0.25) is 4.90 Å². The number of nitrogens with zero attached hydrogens (tertiary/aromatic N) is 2. The van der Waals surface area contributed by atoms with Gasteiger partial charge in [-0.05, 0) is 44.4 Å². The van der Waals surface area contributed by atoms with E-state index in [4.69, 9.17) is 9.47 Å². The molecule has 3 heterocycles. The van der Waals surface area contributed by atoms with E-state index in [1.54, 1.807) is 24.3 Å². The fourth-order valence-electron chi connectivity index (χ4n) is 5.07. The van der Waals surface area contributed by atoms with Crippen LogP contribution in [0.4, 0.5) is 13.6 Å². The van der Waals surface area contributed by atoms with Crippen LogP contribution < -0.4 is 14.8 Å². The van der Waals surface area contributed by atoms with Crippen LogP contribution in [0.5, 0.6) is 17.4 Å². The maximum absolute atomic E-state index is 13.5. The highest BCUT2D eigenvalue weighted by molar-refractivity contribution is 5.88. The molecule has 2 aliphatic heterocycles. The number of halogens is 2. The molecule has 2 aromatic carbocycles. The zero-order chi connectivity index (χ0) is 25.8. The number of aromatic nitrogens is 1. The normalized spacial score (nSPS) is 19.7. The van der Waals surface area contributed by atoms with Crippen LogP contribution in [0.25, 0.3) is 10.9 Å². The lowest BCUT2D eigenvalue weighted by molar-refractivity contribution is 0.0620. The zero-order valence-corrected chi connectivity index (χ0v) is 20.6. The number of hydrogen-bond donors (Lipinski definition) is 3. The Morgan fingerprint density at radius 2 is 1.78 bits per heavy atom. The van der Waals surface area contributed by atoms with Gasteiger partial charge in [0.2, 0.25) is 5.88 Å². The van der Waals surface area contributed by atoms with Gasteiger partial charge in [0.1, 0.15) is 23.1 Å². The number of aliphatic hydroxyl groups excluding tert-OH is 1. The van der Waals surface area contributed by atoms with E-state index in [0.717, 1.165) is 83.2 Å². The van der Waals surface area contributed by atoms with E-state index in [9.17, 15) is 18.7 Å². The second-order valence-electron chi connectivity index (χ2n) is 9.80. The number of aromatic amines is 1. The highest BCUT2D eigenvalue weighted by atomic mass is 19.1. The van der Waals surface area contributed by atoms with Crippen LogP contribution in [0.15, 0.2) is 42.5 Å². The number of fused-ring (bicyclic) bond motifs is 1. The van der Waals surface area contributed by atoms with Crippen molar-refractivity contribution in [2.45, 2.75) is 37.8 Å². The monoisotopic (exact) mass is 514 g/mol. The molecule has 0 saturated carbocycles. The molecule has 2 fully saturated rings. The highest BCUT2D eigenvalue weighted by Crippen LogP contribution is 2.33. The maximum atomic E-state index is 13.5. The summed E-state index contributed by atoms with van der Waals surface area (Å²) in [4.78, 5) is 20.3. The number of rotatable bonds is 7. The molecule has 1 amide bonds. The van der Waals surface area contributed by atoms with Gasteiger partial charge in [-0.15, -0.1) is 0 Å². The average Bonchev–Trinajstić information content (AvgIpc) is 3.26. The standard InChI is InChI=1S/C27H32F2N4O4/c28-18-13-19(29)15-22(14-18)36-25-5-1-4-24-23(25)16-26(31-24)37-27(35)30-20-6-9-32(10-7-20)11-12-33-8-2-3-21(34)17-33/h1,4-5,13-16,20-21,31,34H,2-3,6-12,17H2,(H,30,35). The van der Waals surface area contributed by atoms with E-state index in [2.05, 4.69) is 20.1 Å². The van der Waals surface area contributed by atoms with E-state index in [-0.39, 0.29) is 23.8 Å². The van der Waals surface area contributed by atoms with Crippen LogP contribution in [0.3, 0.4) is 0 Å². The number of amides is 1. The summed E-state index contributed by atoms with van der Waals surface area (Å²) in [6, 6.07) is 9.83. The van der Waals surface area contributed by atoms with Gasteiger partial charge >= 0.3 is 6.09 Å². The second kappa shape index (κ2) is 11.5. The van der Waals surface area contributed by atoms with Gasteiger partial charge in [-0.1, -0.05) is 6.07 Å². The number of aliphatic hydroxyl groups is 1. The summed E-state index contributed by atoms with van der Waals surface area (Å²) in [5, 5.41) is 13.4. The lowest BCUT2D eigenvalue weighted by Gasteiger charge is -2.35. The molecule has 8 nitrogen and oxygen atoms in total. The van der Waals surface area contributed by atoms with E-state index < -0.39 is 17.7 Å². The fraction of sp³-hybridized carbons (Fsp3) is 0.444. The highest BCUT2D eigenvalue weighted by Gasteiger charge is 2.23. The van der Waals surface area contributed by atoms with Gasteiger partial charge in [0, 0.05) is 68.4 Å². The van der Waals surface area contributed by atoms with Gasteiger partial charge in [0.05, 0.1) is 11.6 Å². The van der Waals surface area contributed by atoms with Crippen molar-refractivity contribution < 1.29 is 28.2 Å². The number of carbonyl (C=O) groups excluding carboxylic acids is 1. The lowest BCUT2D eigenvalue weighted by atomic mass is 10.1. The molecule has 2 saturated heterocycles. The maximum Gasteiger partial charge on any atom is 0.414 e. The van der Waals surface area contributed by atoms with Crippen LogP contribution in [0.2, 0.25) is 0 Å². The average molecular weight is 515 g/mol. The molecule has 1 aromatic heterocycles. The minimum atomic E-state index is -0.732. The van der Waals surface area contributed by atoms with Crippen molar-refractivity contribution in [3.05, 3.63) is 54.1 Å². The molecule has 5 rings (SSSR count). The van der Waals surface area contributed by atoms with Crippen molar-refractivity contribution in [1.29, 1.82) is 0 Å². The number of piperidine rings is 2. The molecular weight excluding hydrogens is 482 g/mol. The number of ether oxygens (including phenoxy) is 2. The first-order chi connectivity index (χ1) is 17.9. The largest absolute Gasteiger partial charge is 0.456 e. The van der Waals surface area contributed by atoms with Gasteiger partial charge in [0.15, 0.2) is 0 Å². The third kappa shape index (κ3) is 6.76. The summed E-state index contributed by atoms with van der Waals surface area (Å²) in [6.07, 6.45) is 2.88. The molecule has 3 N–H and O–H groups in total. The van der Waals surface area contributed by atoms with Crippen molar-refractivity contribution >= 4 is 17.0 Å². The van der Waals surface area contributed by atoms with Gasteiger partial charge in [0.25, 0.3) is 0 Å². The number of hydrogen-bond acceptors (Lipinski definition) is 6. The smallest absolute Gasteiger partial charge is 0.414 e. The first-order valence-corrected chi connectivity index (χ1v) is 12.8. The molecule has 10 heteroatoms. The Labute approximate surface area is 214 Å². The number of nitrogens with one attached hydrogen (secondary N) is 2. The Morgan fingerprint density at radius 1 is 1.03 bits per heavy atom. The van der Waals surface area contributed by atoms with E-state index in [0.29, 0.717) is 16.7 Å². The number of carbonyl (C=O) groups is 1. The number of H-pyrrole nitrogens is 1. The number of likely N-dealkylation sites (tertiary alicyclic amines) is 2. The second-order valence-corrected chi connectivity index (χ2v) is 9.80. The topological polar surface area (TPSA) is 90.1 Å². The third-order valence-electron chi connectivity index (χ3n) is 6.99. The van der Waals surface area contributed by atoms with Gasteiger partial charge in [-0.2, -0.15) is 0 Å².